The monoisotopic (exact) mass is 298 g/mol. The molecule has 3 heteroatoms. The molecule has 0 spiro atoms. The molecule has 0 heterocycles. The lowest BCUT2D eigenvalue weighted by Crippen LogP contribution is -2.04. The third-order valence-corrected chi connectivity index (χ3v) is 3.73. The number of allylic oxidation sites excluding steroid dienone is 1. The number of unbranched alkanes of at least 4 members (excludes halogenated alkanes) is 8. The summed E-state index contributed by atoms with van der Waals surface area (Å²) in [6.45, 7) is 2.20. The molecule has 0 fully saturated rings. The van der Waals surface area contributed by atoms with E-state index in [0.29, 0.717) is 6.42 Å². The second-order valence-corrected chi connectivity index (χ2v) is 5.91. The van der Waals surface area contributed by atoms with Crippen molar-refractivity contribution in [3.05, 3.63) is 12.2 Å². The van der Waals surface area contributed by atoms with Crippen LogP contribution in [0, 0.1) is 0 Å². The standard InChI is InChI=1S/C18H34O3/c1-2-3-4-11-14-17(19)15-12-9-7-5-6-8-10-13-16-18(20)21/h9,12,17,19H,2-8,10-11,13-16H2,1H3,(H,20,21)/b12-9+. The molecule has 0 aromatic carbocycles. The molecule has 1 atom stereocenters. The lowest BCUT2D eigenvalue weighted by atomic mass is 10.1. The number of carboxylic acid groups (broad SMARTS) is 1. The van der Waals surface area contributed by atoms with E-state index in [1.807, 2.05) is 0 Å². The van der Waals surface area contributed by atoms with E-state index in [1.54, 1.807) is 0 Å². The van der Waals surface area contributed by atoms with Crippen molar-refractivity contribution in [3.8, 4) is 0 Å². The highest BCUT2D eigenvalue weighted by Gasteiger charge is 2.00. The Labute approximate surface area is 130 Å². The largest absolute Gasteiger partial charge is 0.481 e. The van der Waals surface area contributed by atoms with E-state index in [0.717, 1.165) is 51.4 Å². The first-order valence-corrected chi connectivity index (χ1v) is 8.71. The Balaban J connectivity index is 3.26. The van der Waals surface area contributed by atoms with E-state index < -0.39 is 5.97 Å². The van der Waals surface area contributed by atoms with Crippen molar-refractivity contribution in [2.75, 3.05) is 0 Å². The molecule has 0 saturated carbocycles. The van der Waals surface area contributed by atoms with Gasteiger partial charge in [-0.05, 0) is 32.1 Å². The minimum atomic E-state index is -0.689. The molecule has 0 rings (SSSR count). The molecule has 0 aliphatic carbocycles. The summed E-state index contributed by atoms with van der Waals surface area (Å²) in [7, 11) is 0. The molecule has 0 amide bonds. The number of carboxylic acids is 1. The van der Waals surface area contributed by atoms with Crippen LogP contribution in [0.25, 0.3) is 0 Å². The molecule has 0 aromatic rings. The summed E-state index contributed by atoms with van der Waals surface area (Å²) in [4.78, 5) is 10.3. The Kier molecular flexibility index (Phi) is 14.9. The van der Waals surface area contributed by atoms with Crippen molar-refractivity contribution in [1.82, 2.24) is 0 Å². The zero-order valence-electron chi connectivity index (χ0n) is 13.7. The van der Waals surface area contributed by atoms with Crippen LogP contribution in [-0.2, 0) is 4.79 Å². The van der Waals surface area contributed by atoms with Gasteiger partial charge < -0.3 is 10.2 Å². The van der Waals surface area contributed by atoms with E-state index in [4.69, 9.17) is 5.11 Å². The topological polar surface area (TPSA) is 57.5 Å². The lowest BCUT2D eigenvalue weighted by molar-refractivity contribution is -0.137. The second-order valence-electron chi connectivity index (χ2n) is 5.91. The molecule has 0 aromatic heterocycles. The first-order valence-electron chi connectivity index (χ1n) is 8.71. The predicted molar refractivity (Wildman–Crippen MR) is 88.5 cm³/mol. The molecule has 21 heavy (non-hydrogen) atoms. The Hall–Kier alpha value is -0.830. The lowest BCUT2D eigenvalue weighted by Gasteiger charge is -2.07. The third kappa shape index (κ3) is 17.1. The predicted octanol–water partition coefficient (Wildman–Crippen LogP) is 5.08. The second kappa shape index (κ2) is 15.6. The molecule has 0 saturated heterocycles. The molecule has 0 aliphatic heterocycles. The maximum Gasteiger partial charge on any atom is 0.303 e. The van der Waals surface area contributed by atoms with E-state index in [-0.39, 0.29) is 6.10 Å². The minimum Gasteiger partial charge on any atom is -0.481 e. The maximum atomic E-state index is 10.3. The Morgan fingerprint density at radius 1 is 0.952 bits per heavy atom. The Morgan fingerprint density at radius 2 is 1.62 bits per heavy atom. The summed E-state index contributed by atoms with van der Waals surface area (Å²) in [5.74, 6) is -0.689. The molecule has 0 bridgehead atoms. The third-order valence-electron chi connectivity index (χ3n) is 3.73. The number of aliphatic carboxylic acids is 1. The average Bonchev–Trinajstić information content (AvgIpc) is 2.45. The highest BCUT2D eigenvalue weighted by atomic mass is 16.4. The van der Waals surface area contributed by atoms with Gasteiger partial charge in [0.05, 0.1) is 6.10 Å². The van der Waals surface area contributed by atoms with E-state index in [9.17, 15) is 9.90 Å². The molecule has 0 aliphatic rings. The van der Waals surface area contributed by atoms with Crippen LogP contribution < -0.4 is 0 Å². The van der Waals surface area contributed by atoms with E-state index >= 15 is 0 Å². The van der Waals surface area contributed by atoms with Crippen molar-refractivity contribution in [2.24, 2.45) is 0 Å². The van der Waals surface area contributed by atoms with Gasteiger partial charge in [-0.3, -0.25) is 4.79 Å². The van der Waals surface area contributed by atoms with Crippen molar-refractivity contribution in [3.63, 3.8) is 0 Å². The van der Waals surface area contributed by atoms with Crippen molar-refractivity contribution in [1.29, 1.82) is 0 Å². The summed E-state index contributed by atoms with van der Waals surface area (Å²) in [6, 6.07) is 0. The number of aliphatic hydroxyl groups excluding tert-OH is 1. The van der Waals surface area contributed by atoms with Gasteiger partial charge in [0.2, 0.25) is 0 Å². The van der Waals surface area contributed by atoms with Crippen LogP contribution in [0.3, 0.4) is 0 Å². The number of carbonyl (C=O) groups is 1. The van der Waals surface area contributed by atoms with Crippen molar-refractivity contribution >= 4 is 5.97 Å². The zero-order valence-corrected chi connectivity index (χ0v) is 13.7. The van der Waals surface area contributed by atoms with Crippen molar-refractivity contribution < 1.29 is 15.0 Å². The van der Waals surface area contributed by atoms with Gasteiger partial charge in [-0.1, -0.05) is 64.0 Å². The summed E-state index contributed by atoms with van der Waals surface area (Å²) >= 11 is 0. The molecule has 2 N–H and O–H groups in total. The number of hydrogen-bond acceptors (Lipinski definition) is 2. The number of hydrogen-bond donors (Lipinski definition) is 2. The van der Waals surface area contributed by atoms with Crippen LogP contribution in [0.5, 0.6) is 0 Å². The number of rotatable bonds is 15. The van der Waals surface area contributed by atoms with Gasteiger partial charge >= 0.3 is 5.97 Å². The van der Waals surface area contributed by atoms with Gasteiger partial charge in [-0.15, -0.1) is 0 Å². The van der Waals surface area contributed by atoms with Crippen LogP contribution in [0.4, 0.5) is 0 Å². The van der Waals surface area contributed by atoms with Gasteiger partial charge in [-0.25, -0.2) is 0 Å². The summed E-state index contributed by atoms with van der Waals surface area (Å²) in [6.07, 6.45) is 17.4. The molecule has 1 unspecified atom stereocenters. The quantitative estimate of drug-likeness (QED) is 0.327. The number of aliphatic hydroxyl groups is 1. The van der Waals surface area contributed by atoms with E-state index in [2.05, 4.69) is 19.1 Å². The average molecular weight is 298 g/mol. The van der Waals surface area contributed by atoms with Gasteiger partial charge in [0.25, 0.3) is 0 Å². The molecule has 124 valence electrons. The summed E-state index contributed by atoms with van der Waals surface area (Å²) in [5, 5.41) is 18.3. The molecule has 0 radical (unpaired) electrons. The van der Waals surface area contributed by atoms with Crippen molar-refractivity contribution in [2.45, 2.75) is 96.5 Å². The summed E-state index contributed by atoms with van der Waals surface area (Å²) in [5.41, 5.74) is 0. The highest BCUT2D eigenvalue weighted by Crippen LogP contribution is 2.10. The first kappa shape index (κ1) is 20.2. The fourth-order valence-electron chi connectivity index (χ4n) is 2.36. The van der Waals surface area contributed by atoms with Crippen LogP contribution in [0.1, 0.15) is 90.4 Å². The van der Waals surface area contributed by atoms with Crippen LogP contribution in [0.15, 0.2) is 12.2 Å². The summed E-state index contributed by atoms with van der Waals surface area (Å²) < 4.78 is 0. The fourth-order valence-corrected chi connectivity index (χ4v) is 2.36. The Morgan fingerprint density at radius 3 is 2.33 bits per heavy atom. The van der Waals surface area contributed by atoms with E-state index in [1.165, 1.54) is 25.7 Å². The van der Waals surface area contributed by atoms with Gasteiger partial charge in [-0.2, -0.15) is 0 Å². The molecular weight excluding hydrogens is 264 g/mol. The minimum absolute atomic E-state index is 0.172. The van der Waals surface area contributed by atoms with Crippen LogP contribution >= 0.6 is 0 Å². The fraction of sp³-hybridized carbons (Fsp3) is 0.833. The van der Waals surface area contributed by atoms with Crippen LogP contribution in [-0.4, -0.2) is 22.3 Å². The van der Waals surface area contributed by atoms with Gasteiger partial charge in [0.1, 0.15) is 0 Å². The molecule has 3 nitrogen and oxygen atoms in total. The van der Waals surface area contributed by atoms with Gasteiger partial charge in [0, 0.05) is 6.42 Å². The smallest absolute Gasteiger partial charge is 0.303 e. The molecular formula is C18H34O3. The maximum absolute atomic E-state index is 10.3. The highest BCUT2D eigenvalue weighted by molar-refractivity contribution is 5.66. The first-order chi connectivity index (χ1) is 10.2. The Bertz CT molecular complexity index is 261. The van der Waals surface area contributed by atoms with Gasteiger partial charge in [0.15, 0.2) is 0 Å². The normalized spacial score (nSPS) is 12.9. The SMILES string of the molecule is CCCCCCC(O)C/C=C/CCCCCCCC(=O)O. The zero-order chi connectivity index (χ0) is 15.8. The van der Waals surface area contributed by atoms with Crippen LogP contribution in [0.2, 0.25) is 0 Å².